The molecule has 15 N–H and O–H groups in total. The number of primary amides is 1. The van der Waals surface area contributed by atoms with Crippen molar-refractivity contribution in [1.29, 1.82) is 0 Å². The van der Waals surface area contributed by atoms with Gasteiger partial charge in [0.2, 0.25) is 88.6 Å². The van der Waals surface area contributed by atoms with Crippen LogP contribution in [0.1, 0.15) is 115 Å². The number of nitrogens with two attached hydrogens (primary N) is 1. The molecule has 0 spiro atoms. The number of likely N-dealkylation sites (N-methyl/N-ethyl adjacent to an activating group) is 5. The fourth-order valence-electron chi connectivity index (χ4n) is 14.5. The number of hydrogen-bond acceptors (Lipinski definition) is 19. The summed E-state index contributed by atoms with van der Waals surface area (Å²) >= 11 is 0.842. The minimum Gasteiger partial charge on any atom is -0.508 e. The number of carboxylic acids is 1. The van der Waals surface area contributed by atoms with Gasteiger partial charge in [-0.1, -0.05) is 171 Å². The lowest BCUT2D eigenvalue weighted by Crippen LogP contribution is -2.61. The van der Waals surface area contributed by atoms with Crippen molar-refractivity contribution in [3.63, 3.8) is 0 Å². The summed E-state index contributed by atoms with van der Waals surface area (Å²) in [6.45, 7) is 9.69. The van der Waals surface area contributed by atoms with Crippen molar-refractivity contribution < 1.29 is 92.0 Å². The van der Waals surface area contributed by atoms with Gasteiger partial charge in [-0.05, 0) is 88.7 Å². The second-order valence-corrected chi connectivity index (χ2v) is 33.7. The number of aromatic amines is 1. The largest absolute Gasteiger partial charge is 0.508 e. The maximum absolute atomic E-state index is 15.4. The zero-order valence-electron chi connectivity index (χ0n) is 73.3. The Morgan fingerprint density at radius 1 is 0.484 bits per heavy atom. The van der Waals surface area contributed by atoms with E-state index in [2.05, 4.69) is 52.8 Å². The lowest BCUT2D eigenvalue weighted by Gasteiger charge is -2.37. The summed E-state index contributed by atoms with van der Waals surface area (Å²) in [6, 6.07) is 18.9. The number of carboxylic acid groups (broad SMARTS) is 1. The van der Waals surface area contributed by atoms with Gasteiger partial charge >= 0.3 is 5.97 Å². The number of rotatable bonds is 23. The fraction of sp³-hybridized carbons (Fsp3) is 0.467. The van der Waals surface area contributed by atoms with Crippen molar-refractivity contribution in [2.24, 2.45) is 23.5 Å². The highest BCUT2D eigenvalue weighted by Gasteiger charge is 2.43. The number of carbonyl (C=O) groups excluding carboxylic acids is 15. The molecular formula is C90H120N16O19S. The second-order valence-electron chi connectivity index (χ2n) is 32.7. The number of amides is 15. The molecule has 1 aromatic heterocycles. The van der Waals surface area contributed by atoms with Crippen molar-refractivity contribution in [1.82, 2.24) is 77.3 Å². The first-order chi connectivity index (χ1) is 59.8. The maximum atomic E-state index is 15.4. The van der Waals surface area contributed by atoms with Crippen molar-refractivity contribution >= 4 is 117 Å². The van der Waals surface area contributed by atoms with Gasteiger partial charge in [0.1, 0.15) is 78.0 Å². The van der Waals surface area contributed by atoms with Gasteiger partial charge in [-0.15, -0.1) is 11.8 Å². The summed E-state index contributed by atoms with van der Waals surface area (Å²) in [5, 5.41) is 55.5. The Labute approximate surface area is 737 Å². The molecule has 0 bridgehead atoms. The minimum absolute atomic E-state index is 0.0427. The van der Waals surface area contributed by atoms with Crippen molar-refractivity contribution in [3.8, 4) is 11.5 Å². The monoisotopic (exact) mass is 1760 g/mol. The van der Waals surface area contributed by atoms with Crippen LogP contribution in [0.3, 0.4) is 0 Å². The third-order valence-corrected chi connectivity index (χ3v) is 23.0. The van der Waals surface area contributed by atoms with Crippen LogP contribution in [0.2, 0.25) is 0 Å². The summed E-state index contributed by atoms with van der Waals surface area (Å²) in [5.41, 5.74) is 8.54. The zero-order valence-corrected chi connectivity index (χ0v) is 74.1. The summed E-state index contributed by atoms with van der Waals surface area (Å²) < 4.78 is 0. The molecule has 12 atom stereocenters. The van der Waals surface area contributed by atoms with Crippen LogP contribution in [-0.4, -0.2) is 272 Å². The van der Waals surface area contributed by atoms with E-state index in [1.807, 2.05) is 6.92 Å². The Kier molecular flexibility index (Phi) is 38.5. The number of aromatic hydroxyl groups is 2. The van der Waals surface area contributed by atoms with Gasteiger partial charge in [-0.2, -0.15) is 0 Å². The molecule has 2 heterocycles. The van der Waals surface area contributed by atoms with Crippen LogP contribution in [0, 0.1) is 17.8 Å². The molecule has 5 aromatic carbocycles. The van der Waals surface area contributed by atoms with Crippen molar-refractivity contribution in [3.05, 3.63) is 167 Å². The Hall–Kier alpha value is -12.9. The van der Waals surface area contributed by atoms with Crippen LogP contribution < -0.4 is 53.6 Å². The standard InChI is InChI=1S/C90H120N16O19S/c1-13-15-30-70-87(122)103(9)49-75(111)95-67(45-77(113)114)84(119)101-78(53(5)6)89(124)105(11)71(42-55-24-18-16-19-25-55)85(120)98-68(41-58-33-37-61(108)38-34-58)86(121)102(8)48-74(110)94-66(44-59-46-92-63-29-23-22-28-62(59)63)83(118)97-65(40-57-31-35-60(107)36-32-57)82(117)96-64(39-52(3)4)81(116)99-69(80(115)93-47-73(91)109)50-126-51-76(112)100-79(54(7)14-2)90(125)106(12)72(88(123)104(70)10)43-56-26-20-17-21-27-56/h16-29,31-38,46,52-54,64-72,78-79,92,107-108H,13-15,30,39-45,47-51H2,1-12H3,(H2,91,109)(H,93,115)(H,94,110)(H,95,111)(H,96,117)(H,97,118)(H,98,120)(H,99,116)(H,100,112)(H,101,119)(H,113,114)/t54-,64-,65-,66-,67-,68-,69-,70-,71-,72-,78-,79-/m0/s1. The predicted molar refractivity (Wildman–Crippen MR) is 471 cm³/mol. The highest BCUT2D eigenvalue weighted by molar-refractivity contribution is 8.00. The number of aromatic nitrogens is 1. The van der Waals surface area contributed by atoms with E-state index in [1.165, 1.54) is 93.6 Å². The highest BCUT2D eigenvalue weighted by atomic mass is 32.2. The number of carbonyl (C=O) groups is 16. The number of phenols is 2. The first-order valence-corrected chi connectivity index (χ1v) is 43.2. The molecule has 35 nitrogen and oxygen atoms in total. The third-order valence-electron chi connectivity index (χ3n) is 21.9. The van der Waals surface area contributed by atoms with E-state index >= 15 is 33.6 Å². The lowest BCUT2D eigenvalue weighted by molar-refractivity contribution is -0.151. The van der Waals surface area contributed by atoms with Crippen LogP contribution >= 0.6 is 11.8 Å². The molecule has 7 rings (SSSR count). The number of thioether (sulfide) groups is 1. The molecule has 0 saturated carbocycles. The Morgan fingerprint density at radius 2 is 0.960 bits per heavy atom. The Balaban J connectivity index is 1.33. The molecule has 1 aliphatic heterocycles. The SMILES string of the molecule is CCCC[C@H]1C(=O)N(C)CC(=O)N[C@@H](CC(=O)O)C(=O)N[C@@H](C(C)C)C(=O)N(C)[C@@H](Cc2ccccc2)C(=O)N[C@@H](Cc2ccc(O)cc2)C(=O)N(C)CC(=O)N[C@@H](Cc2c[nH]c3ccccc23)C(=O)N[C@@H](Cc2ccc(O)cc2)C(=O)N[C@@H](CC(C)C)C(=O)N[C@H](C(=O)NCC(N)=O)CSCC(=O)N[C@@H]([C@@H](C)CC)C(=O)N(C)[C@@H](Cc2ccccc2)C(=O)N1C. The molecule has 0 unspecified atom stereocenters. The quantitative estimate of drug-likeness (QED) is 0.0437. The predicted octanol–water partition coefficient (Wildman–Crippen LogP) is 2.13. The molecule has 0 radical (unpaired) electrons. The molecule has 680 valence electrons. The molecule has 0 aliphatic carbocycles. The fourth-order valence-corrected chi connectivity index (χ4v) is 15.4. The Bertz CT molecular complexity index is 4790. The van der Waals surface area contributed by atoms with Crippen LogP contribution in [-0.2, 0) is 109 Å². The number of nitrogens with one attached hydrogen (secondary N) is 10. The first kappa shape index (κ1) is 100. The molecule has 36 heteroatoms. The Morgan fingerprint density at radius 3 is 1.51 bits per heavy atom. The van der Waals surface area contributed by atoms with Gasteiger partial charge in [-0.3, -0.25) is 76.7 Å². The van der Waals surface area contributed by atoms with Crippen molar-refractivity contribution in [2.75, 3.05) is 66.4 Å². The topological polar surface area (TPSA) is 500 Å². The minimum atomic E-state index is -1.90. The van der Waals surface area contributed by atoms with Crippen LogP contribution in [0.5, 0.6) is 11.5 Å². The van der Waals surface area contributed by atoms with Gasteiger partial charge in [0.25, 0.3) is 0 Å². The molecular weight excluding hydrogens is 1640 g/mol. The summed E-state index contributed by atoms with van der Waals surface area (Å²) in [7, 11) is 6.56. The number of hydrogen-bond donors (Lipinski definition) is 14. The zero-order chi connectivity index (χ0) is 92.8. The van der Waals surface area contributed by atoms with E-state index in [1.54, 1.807) is 133 Å². The van der Waals surface area contributed by atoms with Crippen molar-refractivity contribution in [2.45, 2.75) is 186 Å². The summed E-state index contributed by atoms with van der Waals surface area (Å²) in [4.78, 5) is 242. The van der Waals surface area contributed by atoms with Gasteiger partial charge in [0.05, 0.1) is 31.8 Å². The second kappa shape index (κ2) is 48.4. The highest BCUT2D eigenvalue weighted by Crippen LogP contribution is 2.25. The number of aliphatic carboxylic acids is 1. The summed E-state index contributed by atoms with van der Waals surface area (Å²) in [6.07, 6.45) is 0.628. The normalized spacial score (nSPS) is 22.4. The number of nitrogens with zero attached hydrogens (tertiary/aromatic N) is 5. The average Bonchev–Trinajstić information content (AvgIpc) is 1.55. The number of benzene rings is 5. The molecule has 1 fully saturated rings. The lowest BCUT2D eigenvalue weighted by atomic mass is 9.95. The van der Waals surface area contributed by atoms with Gasteiger partial charge in [0, 0.05) is 90.2 Å². The number of H-pyrrole nitrogens is 1. The van der Waals surface area contributed by atoms with Crippen LogP contribution in [0.4, 0.5) is 0 Å². The van der Waals surface area contributed by atoms with E-state index in [-0.39, 0.29) is 68.1 Å². The molecule has 6 aromatic rings. The molecule has 126 heavy (non-hydrogen) atoms. The number of fused-ring (bicyclic) bond motifs is 1. The van der Waals surface area contributed by atoms with Crippen LogP contribution in [0.15, 0.2) is 140 Å². The van der Waals surface area contributed by atoms with E-state index in [0.29, 0.717) is 58.0 Å². The van der Waals surface area contributed by atoms with E-state index in [9.17, 15) is 58.5 Å². The third kappa shape index (κ3) is 29.9. The first-order valence-electron chi connectivity index (χ1n) is 42.0. The maximum Gasteiger partial charge on any atom is 0.305 e. The van der Waals surface area contributed by atoms with Gasteiger partial charge in [-0.25, -0.2) is 0 Å². The number of para-hydroxylation sites is 1. The number of unbranched alkanes of at least 4 members (excludes halogenated alkanes) is 1. The van der Waals surface area contributed by atoms with E-state index in [4.69, 9.17) is 5.73 Å². The molecule has 1 aliphatic rings. The van der Waals surface area contributed by atoms with Gasteiger partial charge < -0.3 is 98.4 Å². The smallest absolute Gasteiger partial charge is 0.305 e. The van der Waals surface area contributed by atoms with Crippen LogP contribution in [0.25, 0.3) is 10.9 Å². The average molecular weight is 1760 g/mol. The molecule has 1 saturated heterocycles. The van der Waals surface area contributed by atoms with Gasteiger partial charge in [0.15, 0.2) is 0 Å². The van der Waals surface area contributed by atoms with E-state index in [0.717, 1.165) is 26.5 Å². The summed E-state index contributed by atoms with van der Waals surface area (Å²) in [5.74, 6) is -17.8. The van der Waals surface area contributed by atoms with E-state index < -0.39 is 205 Å². The number of phenolic OH excluding ortho intramolecular Hbond substituents is 2. The molecule has 15 amide bonds.